The number of ether oxygens (including phenoxy) is 1. The molecule has 3 rings (SSSR count). The number of carbonyl (C=O) groups excluding carboxylic acids is 1. The van der Waals surface area contributed by atoms with Gasteiger partial charge in [0.25, 0.3) is 0 Å². The SMILES string of the molecule is CC(=O)OC1(c2ccc(F)cc2)CC2CCCCC2C1. The highest BCUT2D eigenvalue weighted by atomic mass is 19.1. The Bertz CT molecular complexity index is 480. The van der Waals surface area contributed by atoms with E-state index in [-0.39, 0.29) is 11.8 Å². The minimum absolute atomic E-state index is 0.243. The topological polar surface area (TPSA) is 26.3 Å². The second kappa shape index (κ2) is 5.19. The zero-order valence-electron chi connectivity index (χ0n) is 11.9. The van der Waals surface area contributed by atoms with E-state index in [0.717, 1.165) is 18.4 Å². The van der Waals surface area contributed by atoms with Gasteiger partial charge in [-0.1, -0.05) is 37.8 Å². The molecule has 2 unspecified atom stereocenters. The maximum Gasteiger partial charge on any atom is 0.303 e. The Kier molecular flexibility index (Phi) is 3.53. The molecular weight excluding hydrogens is 255 g/mol. The van der Waals surface area contributed by atoms with E-state index >= 15 is 0 Å². The van der Waals surface area contributed by atoms with Gasteiger partial charge in [0.2, 0.25) is 0 Å². The Hall–Kier alpha value is -1.38. The minimum atomic E-state index is -0.529. The van der Waals surface area contributed by atoms with Crippen LogP contribution in [0.3, 0.4) is 0 Å². The highest BCUT2D eigenvalue weighted by Crippen LogP contribution is 2.53. The molecule has 2 aliphatic carbocycles. The predicted molar refractivity (Wildman–Crippen MR) is 74.5 cm³/mol. The quantitative estimate of drug-likeness (QED) is 0.757. The molecule has 0 aromatic heterocycles. The fourth-order valence-electron chi connectivity index (χ4n) is 4.16. The third-order valence-electron chi connectivity index (χ3n) is 4.96. The maximum absolute atomic E-state index is 13.1. The van der Waals surface area contributed by atoms with Gasteiger partial charge in [-0.3, -0.25) is 4.79 Å². The molecule has 2 saturated carbocycles. The highest BCUT2D eigenvalue weighted by Gasteiger charge is 2.49. The van der Waals surface area contributed by atoms with Gasteiger partial charge in [-0.25, -0.2) is 4.39 Å². The molecule has 0 saturated heterocycles. The lowest BCUT2D eigenvalue weighted by atomic mass is 9.82. The molecule has 2 nitrogen and oxygen atoms in total. The molecule has 2 fully saturated rings. The van der Waals surface area contributed by atoms with Crippen LogP contribution < -0.4 is 0 Å². The second-order valence-electron chi connectivity index (χ2n) is 6.31. The second-order valence-corrected chi connectivity index (χ2v) is 6.31. The Morgan fingerprint density at radius 1 is 1.15 bits per heavy atom. The molecule has 108 valence electrons. The van der Waals surface area contributed by atoms with Crippen molar-refractivity contribution in [3.63, 3.8) is 0 Å². The van der Waals surface area contributed by atoms with E-state index in [0.29, 0.717) is 11.8 Å². The van der Waals surface area contributed by atoms with E-state index in [1.165, 1.54) is 44.7 Å². The monoisotopic (exact) mass is 276 g/mol. The van der Waals surface area contributed by atoms with Crippen LogP contribution in [0, 0.1) is 17.7 Å². The van der Waals surface area contributed by atoms with Gasteiger partial charge in [0.05, 0.1) is 0 Å². The lowest BCUT2D eigenvalue weighted by Crippen LogP contribution is -2.29. The van der Waals surface area contributed by atoms with Crippen molar-refractivity contribution in [1.82, 2.24) is 0 Å². The predicted octanol–water partition coefficient (Wildman–Crippen LogP) is 4.18. The number of esters is 1. The van der Waals surface area contributed by atoms with Gasteiger partial charge in [-0.05, 0) is 42.4 Å². The standard InChI is InChI=1S/C17H21FO2/c1-12(19)20-17(15-6-8-16(18)9-7-15)10-13-4-2-3-5-14(13)11-17/h6-9,13-14H,2-5,10-11H2,1H3. The van der Waals surface area contributed by atoms with Crippen molar-refractivity contribution >= 4 is 5.97 Å². The van der Waals surface area contributed by atoms with Gasteiger partial charge in [0.1, 0.15) is 11.4 Å². The third kappa shape index (κ3) is 2.46. The van der Waals surface area contributed by atoms with Crippen molar-refractivity contribution in [2.24, 2.45) is 11.8 Å². The molecule has 0 amide bonds. The van der Waals surface area contributed by atoms with E-state index in [4.69, 9.17) is 4.74 Å². The number of hydrogen-bond acceptors (Lipinski definition) is 2. The summed E-state index contributed by atoms with van der Waals surface area (Å²) in [7, 11) is 0. The van der Waals surface area contributed by atoms with Crippen molar-refractivity contribution in [2.45, 2.75) is 51.0 Å². The Balaban J connectivity index is 1.93. The van der Waals surface area contributed by atoms with Crippen LogP contribution in [0.5, 0.6) is 0 Å². The Labute approximate surface area is 119 Å². The first kappa shape index (κ1) is 13.6. The molecule has 0 bridgehead atoms. The number of benzene rings is 1. The average Bonchev–Trinajstić information content (AvgIpc) is 2.77. The normalized spacial score (nSPS) is 32.7. The molecule has 2 aliphatic rings. The van der Waals surface area contributed by atoms with Crippen LogP contribution in [0.15, 0.2) is 24.3 Å². The summed E-state index contributed by atoms with van der Waals surface area (Å²) in [6, 6.07) is 6.47. The van der Waals surface area contributed by atoms with Crippen molar-refractivity contribution in [1.29, 1.82) is 0 Å². The minimum Gasteiger partial charge on any atom is -0.454 e. The summed E-state index contributed by atoms with van der Waals surface area (Å²) in [5.74, 6) is 0.802. The van der Waals surface area contributed by atoms with Gasteiger partial charge >= 0.3 is 5.97 Å². The first-order chi connectivity index (χ1) is 9.59. The summed E-state index contributed by atoms with van der Waals surface area (Å²) in [5.41, 5.74) is 0.419. The van der Waals surface area contributed by atoms with Gasteiger partial charge in [-0.15, -0.1) is 0 Å². The van der Waals surface area contributed by atoms with E-state index in [1.807, 2.05) is 0 Å². The van der Waals surface area contributed by atoms with Crippen LogP contribution in [0.4, 0.5) is 4.39 Å². The summed E-state index contributed by atoms with van der Waals surface area (Å²) in [6.45, 7) is 1.47. The molecule has 0 aliphatic heterocycles. The highest BCUT2D eigenvalue weighted by molar-refractivity contribution is 5.67. The third-order valence-corrected chi connectivity index (χ3v) is 4.96. The summed E-state index contributed by atoms with van der Waals surface area (Å²) >= 11 is 0. The lowest BCUT2D eigenvalue weighted by Gasteiger charge is -2.30. The molecular formula is C17H21FO2. The number of hydrogen-bond donors (Lipinski definition) is 0. The van der Waals surface area contributed by atoms with Crippen LogP contribution in [-0.2, 0) is 15.1 Å². The molecule has 0 radical (unpaired) electrons. The van der Waals surface area contributed by atoms with Crippen LogP contribution in [0.25, 0.3) is 0 Å². The largest absolute Gasteiger partial charge is 0.454 e. The van der Waals surface area contributed by atoms with Crippen molar-refractivity contribution < 1.29 is 13.9 Å². The maximum atomic E-state index is 13.1. The summed E-state index contributed by atoms with van der Waals surface area (Å²) in [4.78, 5) is 11.6. The summed E-state index contributed by atoms with van der Waals surface area (Å²) in [5, 5.41) is 0. The van der Waals surface area contributed by atoms with E-state index in [2.05, 4.69) is 0 Å². The molecule has 20 heavy (non-hydrogen) atoms. The number of rotatable bonds is 2. The van der Waals surface area contributed by atoms with Gasteiger partial charge in [0.15, 0.2) is 0 Å². The molecule has 0 N–H and O–H groups in total. The zero-order valence-corrected chi connectivity index (χ0v) is 11.9. The van der Waals surface area contributed by atoms with E-state index in [9.17, 15) is 9.18 Å². The molecule has 0 heterocycles. The average molecular weight is 276 g/mol. The van der Waals surface area contributed by atoms with Gasteiger partial charge in [-0.2, -0.15) is 0 Å². The number of carbonyl (C=O) groups is 1. The Morgan fingerprint density at radius 2 is 1.70 bits per heavy atom. The van der Waals surface area contributed by atoms with Gasteiger partial charge in [0, 0.05) is 6.92 Å². The first-order valence-corrected chi connectivity index (χ1v) is 7.55. The van der Waals surface area contributed by atoms with Gasteiger partial charge < -0.3 is 4.74 Å². The zero-order chi connectivity index (χ0) is 14.2. The molecule has 3 heteroatoms. The fourth-order valence-corrected chi connectivity index (χ4v) is 4.16. The molecule has 2 atom stereocenters. The lowest BCUT2D eigenvalue weighted by molar-refractivity contribution is -0.158. The number of fused-ring (bicyclic) bond motifs is 1. The van der Waals surface area contributed by atoms with E-state index in [1.54, 1.807) is 12.1 Å². The fraction of sp³-hybridized carbons (Fsp3) is 0.588. The van der Waals surface area contributed by atoms with Crippen LogP contribution in [0.2, 0.25) is 0 Å². The van der Waals surface area contributed by atoms with Crippen LogP contribution in [0.1, 0.15) is 51.0 Å². The molecule has 1 aromatic rings. The van der Waals surface area contributed by atoms with Crippen LogP contribution in [-0.4, -0.2) is 5.97 Å². The van der Waals surface area contributed by atoms with E-state index < -0.39 is 5.60 Å². The van der Waals surface area contributed by atoms with Crippen molar-refractivity contribution in [2.75, 3.05) is 0 Å². The summed E-state index contributed by atoms with van der Waals surface area (Å²) < 4.78 is 18.9. The molecule has 0 spiro atoms. The van der Waals surface area contributed by atoms with Crippen LogP contribution >= 0.6 is 0 Å². The van der Waals surface area contributed by atoms with Crippen molar-refractivity contribution in [3.8, 4) is 0 Å². The first-order valence-electron chi connectivity index (χ1n) is 7.55. The smallest absolute Gasteiger partial charge is 0.303 e. The van der Waals surface area contributed by atoms with Crippen molar-refractivity contribution in [3.05, 3.63) is 35.6 Å². The Morgan fingerprint density at radius 3 is 2.20 bits per heavy atom. The summed E-state index contributed by atoms with van der Waals surface area (Å²) in [6.07, 6.45) is 6.80. The number of halogens is 1. The molecule has 1 aromatic carbocycles.